The molecule has 1 aromatic heterocycles. The molecule has 15 heavy (non-hydrogen) atoms. The summed E-state index contributed by atoms with van der Waals surface area (Å²) in [6.45, 7) is 1.81. The second-order valence-corrected chi connectivity index (χ2v) is 3.13. The van der Waals surface area contributed by atoms with E-state index in [0.717, 1.165) is 11.4 Å². The minimum Gasteiger partial charge on any atom is -0.478 e. The van der Waals surface area contributed by atoms with Gasteiger partial charge in [0, 0.05) is 5.56 Å². The van der Waals surface area contributed by atoms with Crippen LogP contribution in [0.2, 0.25) is 0 Å². The van der Waals surface area contributed by atoms with Gasteiger partial charge in [-0.3, -0.25) is 5.10 Å². The summed E-state index contributed by atoms with van der Waals surface area (Å²) >= 11 is 0. The molecular weight excluding hydrogens is 194 g/mol. The zero-order valence-electron chi connectivity index (χ0n) is 8.06. The van der Waals surface area contributed by atoms with Crippen LogP contribution in [0.5, 0.6) is 0 Å². The van der Waals surface area contributed by atoms with Crippen molar-refractivity contribution in [1.82, 2.24) is 15.2 Å². The second kappa shape index (κ2) is 3.53. The summed E-state index contributed by atoms with van der Waals surface area (Å²) in [5.74, 6) is 0.365. The number of aromatic nitrogens is 3. The topological polar surface area (TPSA) is 78.9 Å². The molecule has 2 rings (SSSR count). The molecule has 2 N–H and O–H groups in total. The van der Waals surface area contributed by atoms with Crippen LogP contribution < -0.4 is 0 Å². The summed E-state index contributed by atoms with van der Waals surface area (Å²) in [6.07, 6.45) is 0. The molecule has 0 aliphatic rings. The van der Waals surface area contributed by atoms with Gasteiger partial charge in [0.25, 0.3) is 0 Å². The zero-order valence-corrected chi connectivity index (χ0v) is 8.06. The molecule has 2 aromatic rings. The van der Waals surface area contributed by atoms with Crippen LogP contribution in [0.25, 0.3) is 11.4 Å². The predicted octanol–water partition coefficient (Wildman–Crippen LogP) is 1.48. The van der Waals surface area contributed by atoms with E-state index in [1.54, 1.807) is 12.1 Å². The molecule has 76 valence electrons. The molecule has 0 aliphatic carbocycles. The van der Waals surface area contributed by atoms with Crippen molar-refractivity contribution in [3.8, 4) is 11.4 Å². The Kier molecular flexibility index (Phi) is 2.21. The van der Waals surface area contributed by atoms with E-state index >= 15 is 0 Å². The maximum atomic E-state index is 10.6. The van der Waals surface area contributed by atoms with Crippen molar-refractivity contribution in [2.24, 2.45) is 0 Å². The van der Waals surface area contributed by atoms with Gasteiger partial charge < -0.3 is 5.11 Å². The summed E-state index contributed by atoms with van der Waals surface area (Å²) in [6, 6.07) is 6.44. The SMILES string of the molecule is Cc1nc(-c2ccc(C(=O)O)cc2)n[nH]1. The van der Waals surface area contributed by atoms with Gasteiger partial charge in [-0.2, -0.15) is 5.10 Å². The maximum absolute atomic E-state index is 10.6. The van der Waals surface area contributed by atoms with Crippen molar-refractivity contribution in [3.63, 3.8) is 0 Å². The minimum atomic E-state index is -0.937. The number of nitrogens with zero attached hydrogens (tertiary/aromatic N) is 2. The van der Waals surface area contributed by atoms with Crippen molar-refractivity contribution in [3.05, 3.63) is 35.7 Å². The van der Waals surface area contributed by atoms with Crippen LogP contribution in [0.1, 0.15) is 16.2 Å². The van der Waals surface area contributed by atoms with E-state index in [-0.39, 0.29) is 5.56 Å². The fourth-order valence-corrected chi connectivity index (χ4v) is 1.23. The highest BCUT2D eigenvalue weighted by Crippen LogP contribution is 2.15. The highest BCUT2D eigenvalue weighted by Gasteiger charge is 2.05. The number of aromatic carboxylic acids is 1. The average molecular weight is 203 g/mol. The molecule has 1 aromatic carbocycles. The predicted molar refractivity (Wildman–Crippen MR) is 53.5 cm³/mol. The van der Waals surface area contributed by atoms with E-state index < -0.39 is 5.97 Å². The highest BCUT2D eigenvalue weighted by molar-refractivity contribution is 5.88. The fourth-order valence-electron chi connectivity index (χ4n) is 1.23. The van der Waals surface area contributed by atoms with Crippen molar-refractivity contribution >= 4 is 5.97 Å². The van der Waals surface area contributed by atoms with Crippen molar-refractivity contribution < 1.29 is 9.90 Å². The number of hydrogen-bond acceptors (Lipinski definition) is 3. The van der Waals surface area contributed by atoms with Crippen molar-refractivity contribution in [1.29, 1.82) is 0 Å². The van der Waals surface area contributed by atoms with Gasteiger partial charge in [0.15, 0.2) is 5.82 Å². The monoisotopic (exact) mass is 203 g/mol. The lowest BCUT2D eigenvalue weighted by molar-refractivity contribution is 0.0697. The Labute approximate surface area is 85.8 Å². The first-order valence-electron chi connectivity index (χ1n) is 4.39. The molecule has 0 radical (unpaired) electrons. The molecular formula is C10H9N3O2. The van der Waals surface area contributed by atoms with Gasteiger partial charge in [0.05, 0.1) is 5.56 Å². The Morgan fingerprint density at radius 1 is 1.33 bits per heavy atom. The third-order valence-corrected chi connectivity index (χ3v) is 1.99. The number of carboxylic acid groups (broad SMARTS) is 1. The Morgan fingerprint density at radius 2 is 2.00 bits per heavy atom. The Bertz CT molecular complexity index is 488. The Morgan fingerprint density at radius 3 is 2.47 bits per heavy atom. The summed E-state index contributed by atoms with van der Waals surface area (Å²) in [5, 5.41) is 15.4. The van der Waals surface area contributed by atoms with Crippen molar-refractivity contribution in [2.45, 2.75) is 6.92 Å². The number of benzene rings is 1. The molecule has 0 saturated carbocycles. The number of H-pyrrole nitrogens is 1. The van der Waals surface area contributed by atoms with Crippen LogP contribution in [0, 0.1) is 6.92 Å². The van der Waals surface area contributed by atoms with E-state index in [2.05, 4.69) is 15.2 Å². The Hall–Kier alpha value is -2.17. The van der Waals surface area contributed by atoms with Gasteiger partial charge in [-0.05, 0) is 19.1 Å². The molecule has 0 bridgehead atoms. The average Bonchev–Trinajstić information content (AvgIpc) is 2.65. The molecule has 1 heterocycles. The normalized spacial score (nSPS) is 10.2. The first-order chi connectivity index (χ1) is 7.16. The summed E-state index contributed by atoms with van der Waals surface area (Å²) in [7, 11) is 0. The molecule has 0 amide bonds. The molecule has 0 saturated heterocycles. The number of nitrogens with one attached hydrogen (secondary N) is 1. The minimum absolute atomic E-state index is 0.256. The summed E-state index contributed by atoms with van der Waals surface area (Å²) < 4.78 is 0. The number of carbonyl (C=O) groups is 1. The quantitative estimate of drug-likeness (QED) is 0.774. The van der Waals surface area contributed by atoms with Crippen LogP contribution in [0.4, 0.5) is 0 Å². The third-order valence-electron chi connectivity index (χ3n) is 1.99. The number of carboxylic acids is 1. The zero-order chi connectivity index (χ0) is 10.8. The first kappa shape index (κ1) is 9.39. The molecule has 0 aliphatic heterocycles. The first-order valence-corrected chi connectivity index (χ1v) is 4.39. The maximum Gasteiger partial charge on any atom is 0.335 e. The molecule has 0 atom stereocenters. The van der Waals surface area contributed by atoms with Gasteiger partial charge >= 0.3 is 5.97 Å². The lowest BCUT2D eigenvalue weighted by Gasteiger charge is -1.96. The fraction of sp³-hybridized carbons (Fsp3) is 0.100. The van der Waals surface area contributed by atoms with Crippen LogP contribution in [0.15, 0.2) is 24.3 Å². The Balaban J connectivity index is 2.35. The van der Waals surface area contributed by atoms with Crippen LogP contribution in [-0.4, -0.2) is 26.3 Å². The lowest BCUT2D eigenvalue weighted by Crippen LogP contribution is -1.95. The van der Waals surface area contributed by atoms with E-state index in [1.807, 2.05) is 6.92 Å². The van der Waals surface area contributed by atoms with Crippen molar-refractivity contribution in [2.75, 3.05) is 0 Å². The standard InChI is InChI=1S/C10H9N3O2/c1-6-11-9(13-12-6)7-2-4-8(5-3-7)10(14)15/h2-5H,1H3,(H,14,15)(H,11,12,13). The number of aryl methyl sites for hydroxylation is 1. The van der Waals surface area contributed by atoms with E-state index in [0.29, 0.717) is 5.82 Å². The summed E-state index contributed by atoms with van der Waals surface area (Å²) in [4.78, 5) is 14.8. The van der Waals surface area contributed by atoms with Gasteiger partial charge in [0.1, 0.15) is 5.82 Å². The van der Waals surface area contributed by atoms with Crippen LogP contribution >= 0.6 is 0 Å². The van der Waals surface area contributed by atoms with Gasteiger partial charge in [0.2, 0.25) is 0 Å². The molecule has 5 nitrogen and oxygen atoms in total. The molecule has 0 spiro atoms. The van der Waals surface area contributed by atoms with Gasteiger partial charge in [-0.1, -0.05) is 12.1 Å². The van der Waals surface area contributed by atoms with E-state index in [1.165, 1.54) is 12.1 Å². The molecule has 0 unspecified atom stereocenters. The summed E-state index contributed by atoms with van der Waals surface area (Å²) in [5.41, 5.74) is 1.05. The largest absolute Gasteiger partial charge is 0.478 e. The van der Waals surface area contributed by atoms with E-state index in [4.69, 9.17) is 5.11 Å². The number of rotatable bonds is 2. The second-order valence-electron chi connectivity index (χ2n) is 3.13. The third kappa shape index (κ3) is 1.85. The highest BCUT2D eigenvalue weighted by atomic mass is 16.4. The van der Waals surface area contributed by atoms with Crippen LogP contribution in [0.3, 0.4) is 0 Å². The smallest absolute Gasteiger partial charge is 0.335 e. The number of hydrogen-bond donors (Lipinski definition) is 2. The van der Waals surface area contributed by atoms with E-state index in [9.17, 15) is 4.79 Å². The van der Waals surface area contributed by atoms with Gasteiger partial charge in [-0.25, -0.2) is 9.78 Å². The van der Waals surface area contributed by atoms with Gasteiger partial charge in [-0.15, -0.1) is 0 Å². The molecule has 5 heteroatoms. The molecule has 0 fully saturated rings. The van der Waals surface area contributed by atoms with Crippen LogP contribution in [-0.2, 0) is 0 Å². The lowest BCUT2D eigenvalue weighted by atomic mass is 10.1. The number of aromatic amines is 1.